The number of thioether (sulfide) groups is 1. The van der Waals surface area contributed by atoms with Gasteiger partial charge in [0.1, 0.15) is 5.76 Å². The Hall–Kier alpha value is -1.96. The zero-order valence-corrected chi connectivity index (χ0v) is 14.2. The lowest BCUT2D eigenvalue weighted by Gasteiger charge is -2.28. The second-order valence-corrected chi connectivity index (χ2v) is 6.86. The van der Waals surface area contributed by atoms with Gasteiger partial charge in [-0.1, -0.05) is 6.07 Å². The Bertz CT molecular complexity index is 685. The third-order valence-corrected chi connectivity index (χ3v) is 4.73. The van der Waals surface area contributed by atoms with Crippen molar-refractivity contribution in [3.63, 3.8) is 0 Å². The third-order valence-electron chi connectivity index (χ3n) is 3.70. The van der Waals surface area contributed by atoms with Crippen molar-refractivity contribution >= 4 is 23.5 Å². The Labute approximate surface area is 147 Å². The molecule has 2 atom stereocenters. The third kappa shape index (κ3) is 5.52. The molecule has 4 nitrogen and oxygen atoms in total. The van der Waals surface area contributed by atoms with Crippen LogP contribution < -0.4 is 0 Å². The highest BCUT2D eigenvalue weighted by Crippen LogP contribution is 2.33. The van der Waals surface area contributed by atoms with Crippen LogP contribution >= 0.6 is 11.8 Å². The fraction of sp³-hybridized carbons (Fsp3) is 0.412. The SMILES string of the molecule is CC(=O)OC1C(O)=CC(=O)CC1CCSc1cccc(C(F)(F)F)c1. The fourth-order valence-corrected chi connectivity index (χ4v) is 3.63. The molecule has 8 heteroatoms. The van der Waals surface area contributed by atoms with Crippen molar-refractivity contribution < 1.29 is 32.6 Å². The summed E-state index contributed by atoms with van der Waals surface area (Å²) in [5.74, 6) is -1.12. The molecule has 2 rings (SSSR count). The summed E-state index contributed by atoms with van der Waals surface area (Å²) in [5, 5.41) is 9.83. The van der Waals surface area contributed by atoms with Crippen LogP contribution in [0.3, 0.4) is 0 Å². The number of carbonyl (C=O) groups excluding carboxylic acids is 2. The molecule has 2 unspecified atom stereocenters. The van der Waals surface area contributed by atoms with E-state index >= 15 is 0 Å². The van der Waals surface area contributed by atoms with Gasteiger partial charge >= 0.3 is 12.1 Å². The Balaban J connectivity index is 1.99. The largest absolute Gasteiger partial charge is 0.508 e. The number of ether oxygens (including phenoxy) is 1. The first-order valence-corrected chi connectivity index (χ1v) is 8.56. The molecule has 1 N–H and O–H groups in total. The molecule has 1 aliphatic carbocycles. The standard InChI is InChI=1S/C17H17F3O4S/c1-10(21)24-16-11(7-13(22)9-15(16)23)5-6-25-14-4-2-3-12(8-14)17(18,19)20/h2-4,8-9,11,16,23H,5-7H2,1H3. The first kappa shape index (κ1) is 19.4. The average molecular weight is 374 g/mol. The highest BCUT2D eigenvalue weighted by molar-refractivity contribution is 7.99. The molecular weight excluding hydrogens is 357 g/mol. The normalized spacial score (nSPS) is 21.0. The summed E-state index contributed by atoms with van der Waals surface area (Å²) in [7, 11) is 0. The second-order valence-electron chi connectivity index (χ2n) is 5.69. The van der Waals surface area contributed by atoms with Gasteiger partial charge in [0.25, 0.3) is 0 Å². The van der Waals surface area contributed by atoms with E-state index in [4.69, 9.17) is 4.74 Å². The molecule has 0 spiro atoms. The predicted molar refractivity (Wildman–Crippen MR) is 86.2 cm³/mol. The number of halogens is 3. The highest BCUT2D eigenvalue weighted by Gasteiger charge is 2.34. The Morgan fingerprint density at radius 1 is 1.40 bits per heavy atom. The molecule has 0 aromatic heterocycles. The van der Waals surface area contributed by atoms with Crippen LogP contribution in [0.15, 0.2) is 41.0 Å². The summed E-state index contributed by atoms with van der Waals surface area (Å²) in [6, 6.07) is 4.99. The minimum Gasteiger partial charge on any atom is -0.508 e. The summed E-state index contributed by atoms with van der Waals surface area (Å²) in [6.45, 7) is 1.21. The van der Waals surface area contributed by atoms with E-state index in [1.54, 1.807) is 6.07 Å². The van der Waals surface area contributed by atoms with Gasteiger partial charge in [-0.3, -0.25) is 9.59 Å². The molecule has 136 valence electrons. The van der Waals surface area contributed by atoms with Crippen molar-refractivity contribution in [1.29, 1.82) is 0 Å². The van der Waals surface area contributed by atoms with E-state index in [0.29, 0.717) is 17.1 Å². The number of esters is 1. The quantitative estimate of drug-likeness (QED) is 0.620. The van der Waals surface area contributed by atoms with E-state index in [-0.39, 0.29) is 18.0 Å². The van der Waals surface area contributed by atoms with Crippen LogP contribution in [0.2, 0.25) is 0 Å². The second kappa shape index (κ2) is 7.95. The lowest BCUT2D eigenvalue weighted by atomic mass is 9.87. The summed E-state index contributed by atoms with van der Waals surface area (Å²) in [5.41, 5.74) is -0.719. The van der Waals surface area contributed by atoms with Crippen molar-refractivity contribution in [2.24, 2.45) is 5.92 Å². The number of benzene rings is 1. The molecule has 1 aromatic carbocycles. The van der Waals surface area contributed by atoms with E-state index in [0.717, 1.165) is 18.2 Å². The van der Waals surface area contributed by atoms with Crippen molar-refractivity contribution in [3.05, 3.63) is 41.7 Å². The lowest BCUT2D eigenvalue weighted by molar-refractivity contribution is -0.150. The van der Waals surface area contributed by atoms with Crippen molar-refractivity contribution in [1.82, 2.24) is 0 Å². The van der Waals surface area contributed by atoms with Gasteiger partial charge in [-0.2, -0.15) is 13.2 Å². The van der Waals surface area contributed by atoms with Crippen LogP contribution in [0.1, 0.15) is 25.3 Å². The van der Waals surface area contributed by atoms with E-state index in [1.807, 2.05) is 0 Å². The molecule has 0 saturated carbocycles. The van der Waals surface area contributed by atoms with Crippen LogP contribution in [-0.2, 0) is 20.5 Å². The number of aliphatic hydroxyl groups excluding tert-OH is 1. The maximum absolute atomic E-state index is 12.7. The van der Waals surface area contributed by atoms with Gasteiger partial charge < -0.3 is 9.84 Å². The molecule has 0 aliphatic heterocycles. The lowest BCUT2D eigenvalue weighted by Crippen LogP contribution is -2.34. The van der Waals surface area contributed by atoms with Crippen molar-refractivity contribution in [2.45, 2.75) is 36.9 Å². The smallest absolute Gasteiger partial charge is 0.416 e. The topological polar surface area (TPSA) is 63.6 Å². The van der Waals surface area contributed by atoms with Crippen LogP contribution in [0, 0.1) is 5.92 Å². The molecule has 1 aliphatic rings. The van der Waals surface area contributed by atoms with Gasteiger partial charge in [0.2, 0.25) is 0 Å². The maximum atomic E-state index is 12.7. The zero-order valence-electron chi connectivity index (χ0n) is 13.4. The van der Waals surface area contributed by atoms with Gasteiger partial charge in [0.15, 0.2) is 11.9 Å². The molecule has 0 bridgehead atoms. The number of rotatable bonds is 5. The first-order chi connectivity index (χ1) is 11.7. The van der Waals surface area contributed by atoms with Gasteiger partial charge in [0, 0.05) is 30.2 Å². The van der Waals surface area contributed by atoms with Crippen LogP contribution in [0.25, 0.3) is 0 Å². The molecule has 25 heavy (non-hydrogen) atoms. The molecule has 0 radical (unpaired) electrons. The monoisotopic (exact) mass is 374 g/mol. The number of hydrogen-bond donors (Lipinski definition) is 1. The Morgan fingerprint density at radius 3 is 2.76 bits per heavy atom. The molecule has 0 amide bonds. The molecule has 0 saturated heterocycles. The average Bonchev–Trinajstić information content (AvgIpc) is 2.50. The number of allylic oxidation sites excluding steroid dienone is 1. The van der Waals surface area contributed by atoms with Crippen LogP contribution in [0.4, 0.5) is 13.2 Å². The minimum atomic E-state index is -4.40. The van der Waals surface area contributed by atoms with Crippen LogP contribution in [0.5, 0.6) is 0 Å². The predicted octanol–water partition coefficient (Wildman–Crippen LogP) is 4.15. The Morgan fingerprint density at radius 2 is 2.12 bits per heavy atom. The first-order valence-electron chi connectivity index (χ1n) is 7.57. The Kier molecular flexibility index (Phi) is 6.16. The fourth-order valence-electron chi connectivity index (χ4n) is 2.59. The van der Waals surface area contributed by atoms with Crippen molar-refractivity contribution in [2.75, 3.05) is 5.75 Å². The maximum Gasteiger partial charge on any atom is 0.416 e. The number of carbonyl (C=O) groups is 2. The molecule has 1 aromatic rings. The number of ketones is 1. The van der Waals surface area contributed by atoms with Crippen molar-refractivity contribution in [3.8, 4) is 0 Å². The van der Waals surface area contributed by atoms with Gasteiger partial charge in [-0.15, -0.1) is 11.8 Å². The molecule has 0 heterocycles. The van der Waals surface area contributed by atoms with E-state index < -0.39 is 29.7 Å². The van der Waals surface area contributed by atoms with Gasteiger partial charge in [-0.05, 0) is 30.4 Å². The minimum absolute atomic E-state index is 0.116. The molecule has 0 fully saturated rings. The highest BCUT2D eigenvalue weighted by atomic mass is 32.2. The van der Waals surface area contributed by atoms with E-state index in [2.05, 4.69) is 0 Å². The van der Waals surface area contributed by atoms with E-state index in [1.165, 1.54) is 24.8 Å². The van der Waals surface area contributed by atoms with E-state index in [9.17, 15) is 27.9 Å². The number of aliphatic hydroxyl groups is 1. The summed E-state index contributed by atoms with van der Waals surface area (Å²) < 4.78 is 43.2. The summed E-state index contributed by atoms with van der Waals surface area (Å²) in [4.78, 5) is 23.2. The molecular formula is C17H17F3O4S. The van der Waals surface area contributed by atoms with Gasteiger partial charge in [0.05, 0.1) is 5.56 Å². The van der Waals surface area contributed by atoms with Crippen LogP contribution in [-0.4, -0.2) is 28.7 Å². The zero-order chi connectivity index (χ0) is 18.6. The number of alkyl halides is 3. The summed E-state index contributed by atoms with van der Waals surface area (Å²) >= 11 is 1.21. The number of hydrogen-bond acceptors (Lipinski definition) is 5. The van der Waals surface area contributed by atoms with Gasteiger partial charge in [-0.25, -0.2) is 0 Å². The summed E-state index contributed by atoms with van der Waals surface area (Å²) in [6.07, 6.45) is -3.72.